The Morgan fingerprint density at radius 1 is 1.15 bits per heavy atom. The monoisotopic (exact) mass is 235 g/mol. The Morgan fingerprint density at radius 2 is 2.00 bits per heavy atom. The van der Waals surface area contributed by atoms with Crippen LogP contribution in [0.25, 0.3) is 22.1 Å². The fourth-order valence-electron chi connectivity index (χ4n) is 1.57. The summed E-state index contributed by atoms with van der Waals surface area (Å²) in [5.41, 5.74) is 2.88. The highest BCUT2D eigenvalue weighted by Gasteiger charge is 2.07. The molecule has 3 rings (SSSR count). The highest BCUT2D eigenvalue weighted by atomic mass is 79.9. The number of furan rings is 1. The number of aromatic nitrogens is 1. The first-order chi connectivity index (χ1) is 6.34. The fraction of sp³-hybridized carbons (Fsp3) is 0. The van der Waals surface area contributed by atoms with Crippen molar-refractivity contribution in [1.29, 1.82) is 0 Å². The molecular weight excluding hydrogens is 230 g/mol. The topological polar surface area (TPSA) is 28.9 Å². The molecule has 3 heteroatoms. The molecule has 0 saturated heterocycles. The van der Waals surface area contributed by atoms with Gasteiger partial charge in [-0.2, -0.15) is 0 Å². The second-order valence-corrected chi connectivity index (χ2v) is 3.81. The van der Waals surface area contributed by atoms with E-state index in [1.165, 1.54) is 0 Å². The molecule has 0 atom stereocenters. The maximum absolute atomic E-state index is 5.61. The first kappa shape index (κ1) is 7.21. The maximum atomic E-state index is 5.61. The zero-order chi connectivity index (χ0) is 8.84. The van der Waals surface area contributed by atoms with Crippen LogP contribution in [0.15, 0.2) is 39.4 Å². The summed E-state index contributed by atoms with van der Waals surface area (Å²) in [6.45, 7) is 0. The summed E-state index contributed by atoms with van der Waals surface area (Å²) in [7, 11) is 0. The molecule has 0 aliphatic carbocycles. The minimum absolute atomic E-state index is 0.896. The van der Waals surface area contributed by atoms with Crippen LogP contribution in [-0.2, 0) is 0 Å². The van der Waals surface area contributed by atoms with Crippen LogP contribution in [0.5, 0.6) is 0 Å². The van der Waals surface area contributed by atoms with Gasteiger partial charge >= 0.3 is 0 Å². The normalized spacial score (nSPS) is 11.5. The Labute approximate surface area is 82.7 Å². The van der Waals surface area contributed by atoms with Crippen molar-refractivity contribution < 1.29 is 4.42 Å². The molecule has 0 aliphatic heterocycles. The minimum Gasteiger partial charge on any atom is -0.454 e. The Hall–Kier alpha value is -1.22. The van der Waals surface area contributed by atoms with Crippen LogP contribution in [0.3, 0.4) is 0 Å². The molecule has 3 aromatic rings. The second-order valence-electron chi connectivity index (χ2n) is 2.95. The van der Waals surface area contributed by atoms with Gasteiger partial charge in [0.25, 0.3) is 0 Å². The van der Waals surface area contributed by atoms with Gasteiger partial charge in [-0.05, 0) is 28.1 Å². The van der Waals surface area contributed by atoms with Gasteiger partial charge in [0, 0.05) is 11.5 Å². The van der Waals surface area contributed by atoms with Crippen molar-refractivity contribution >= 4 is 38.0 Å². The van der Waals surface area contributed by atoms with E-state index in [2.05, 4.69) is 20.9 Å². The van der Waals surface area contributed by atoms with Gasteiger partial charge in [0.2, 0.25) is 0 Å². The molecular formula is C10H6BrNO. The summed E-state index contributed by atoms with van der Waals surface area (Å²) in [4.78, 5) is 3.20. The molecule has 0 fully saturated rings. The molecule has 13 heavy (non-hydrogen) atoms. The van der Waals surface area contributed by atoms with Gasteiger partial charge in [-0.1, -0.05) is 12.1 Å². The Bertz CT molecular complexity index is 579. The maximum Gasteiger partial charge on any atom is 0.154 e. The van der Waals surface area contributed by atoms with E-state index in [9.17, 15) is 0 Å². The third-order valence-electron chi connectivity index (χ3n) is 2.12. The zero-order valence-electron chi connectivity index (χ0n) is 6.67. The molecule has 2 heterocycles. The van der Waals surface area contributed by atoms with Crippen molar-refractivity contribution in [1.82, 2.24) is 4.98 Å². The quantitative estimate of drug-likeness (QED) is 0.633. The molecule has 0 amide bonds. The lowest BCUT2D eigenvalue weighted by Gasteiger charge is -1.85. The predicted molar refractivity (Wildman–Crippen MR) is 55.8 cm³/mol. The third-order valence-corrected chi connectivity index (χ3v) is 2.55. The van der Waals surface area contributed by atoms with E-state index in [-0.39, 0.29) is 0 Å². The first-order valence-electron chi connectivity index (χ1n) is 4.00. The average molecular weight is 236 g/mol. The summed E-state index contributed by atoms with van der Waals surface area (Å²) in [6, 6.07) is 9.93. The standard InChI is InChI=1S/C10H6BrNO/c11-9-5-8-10(12-9)6-3-1-2-4-7(6)13-8/h1-5,12H. The number of aromatic amines is 1. The van der Waals surface area contributed by atoms with Crippen LogP contribution in [0.2, 0.25) is 0 Å². The summed E-state index contributed by atoms with van der Waals surface area (Å²) >= 11 is 3.37. The molecule has 1 aromatic carbocycles. The van der Waals surface area contributed by atoms with Crippen LogP contribution in [0.1, 0.15) is 0 Å². The number of rotatable bonds is 0. The molecule has 0 spiro atoms. The summed E-state index contributed by atoms with van der Waals surface area (Å²) in [6.07, 6.45) is 0. The lowest BCUT2D eigenvalue weighted by molar-refractivity contribution is 0.669. The van der Waals surface area contributed by atoms with Crippen molar-refractivity contribution in [3.05, 3.63) is 34.9 Å². The van der Waals surface area contributed by atoms with E-state index in [0.717, 1.165) is 26.7 Å². The van der Waals surface area contributed by atoms with Crippen LogP contribution in [0.4, 0.5) is 0 Å². The lowest BCUT2D eigenvalue weighted by Crippen LogP contribution is -1.65. The number of hydrogen-bond acceptors (Lipinski definition) is 1. The largest absolute Gasteiger partial charge is 0.454 e. The Kier molecular flexibility index (Phi) is 1.32. The SMILES string of the molecule is Brc1cc2oc3ccccc3c2[nH]1. The molecule has 0 saturated carbocycles. The number of para-hydroxylation sites is 1. The van der Waals surface area contributed by atoms with Gasteiger partial charge in [0.15, 0.2) is 5.58 Å². The second kappa shape index (κ2) is 2.39. The van der Waals surface area contributed by atoms with E-state index >= 15 is 0 Å². The number of hydrogen-bond donors (Lipinski definition) is 1. The van der Waals surface area contributed by atoms with Crippen LogP contribution in [-0.4, -0.2) is 4.98 Å². The summed E-state index contributed by atoms with van der Waals surface area (Å²) in [5.74, 6) is 0. The number of fused-ring (bicyclic) bond motifs is 3. The van der Waals surface area contributed by atoms with Gasteiger partial charge < -0.3 is 9.40 Å². The van der Waals surface area contributed by atoms with E-state index in [1.54, 1.807) is 0 Å². The first-order valence-corrected chi connectivity index (χ1v) is 4.79. The van der Waals surface area contributed by atoms with Crippen molar-refractivity contribution in [2.45, 2.75) is 0 Å². The predicted octanol–water partition coefficient (Wildman–Crippen LogP) is 3.68. The highest BCUT2D eigenvalue weighted by molar-refractivity contribution is 9.10. The lowest BCUT2D eigenvalue weighted by atomic mass is 10.2. The van der Waals surface area contributed by atoms with E-state index < -0.39 is 0 Å². The molecule has 2 nitrogen and oxygen atoms in total. The summed E-state index contributed by atoms with van der Waals surface area (Å²) in [5, 5.41) is 1.13. The third kappa shape index (κ3) is 0.937. The molecule has 64 valence electrons. The molecule has 0 radical (unpaired) electrons. The minimum atomic E-state index is 0.896. The number of halogens is 1. The molecule has 0 unspecified atom stereocenters. The van der Waals surface area contributed by atoms with Crippen LogP contribution >= 0.6 is 15.9 Å². The fourth-order valence-corrected chi connectivity index (χ4v) is 1.97. The Balaban J connectivity index is 2.60. The van der Waals surface area contributed by atoms with Crippen molar-refractivity contribution in [3.8, 4) is 0 Å². The smallest absolute Gasteiger partial charge is 0.154 e. The summed E-state index contributed by atoms with van der Waals surface area (Å²) < 4.78 is 6.56. The van der Waals surface area contributed by atoms with Gasteiger partial charge in [0.05, 0.1) is 10.1 Å². The van der Waals surface area contributed by atoms with E-state index in [4.69, 9.17) is 4.42 Å². The Morgan fingerprint density at radius 3 is 2.92 bits per heavy atom. The van der Waals surface area contributed by atoms with Crippen LogP contribution < -0.4 is 0 Å². The van der Waals surface area contributed by atoms with Gasteiger partial charge in [0.1, 0.15) is 5.58 Å². The average Bonchev–Trinajstić information content (AvgIpc) is 2.60. The van der Waals surface area contributed by atoms with Crippen molar-refractivity contribution in [3.63, 3.8) is 0 Å². The zero-order valence-corrected chi connectivity index (χ0v) is 8.26. The van der Waals surface area contributed by atoms with Crippen LogP contribution in [0, 0.1) is 0 Å². The number of nitrogens with one attached hydrogen (secondary N) is 1. The van der Waals surface area contributed by atoms with E-state index in [1.807, 2.05) is 30.3 Å². The highest BCUT2D eigenvalue weighted by Crippen LogP contribution is 2.29. The number of benzene rings is 1. The van der Waals surface area contributed by atoms with Crippen molar-refractivity contribution in [2.75, 3.05) is 0 Å². The molecule has 2 aromatic heterocycles. The molecule has 1 N–H and O–H groups in total. The van der Waals surface area contributed by atoms with Gasteiger partial charge in [-0.15, -0.1) is 0 Å². The van der Waals surface area contributed by atoms with E-state index in [0.29, 0.717) is 0 Å². The molecule has 0 aliphatic rings. The molecule has 0 bridgehead atoms. The van der Waals surface area contributed by atoms with Crippen molar-refractivity contribution in [2.24, 2.45) is 0 Å². The van der Waals surface area contributed by atoms with Gasteiger partial charge in [-0.25, -0.2) is 0 Å². The number of H-pyrrole nitrogens is 1. The van der Waals surface area contributed by atoms with Gasteiger partial charge in [-0.3, -0.25) is 0 Å².